The molecule has 40 heavy (non-hydrogen) atoms. The molecule has 0 bridgehead atoms. The summed E-state index contributed by atoms with van der Waals surface area (Å²) in [6.45, 7) is 5.98. The molecule has 1 aromatic rings. The normalized spacial score (nSPS) is 13.8. The van der Waals surface area contributed by atoms with Crippen molar-refractivity contribution in [3.8, 4) is 0 Å². The first kappa shape index (κ1) is 33.1. The number of ketones is 2. The van der Waals surface area contributed by atoms with Crippen molar-refractivity contribution >= 4 is 33.3 Å². The van der Waals surface area contributed by atoms with Gasteiger partial charge in [-0.2, -0.15) is 0 Å². The first-order chi connectivity index (χ1) is 19.1. The number of aryl methyl sites for hydroxylation is 1. The van der Waals surface area contributed by atoms with Crippen LogP contribution in [0.5, 0.6) is 0 Å². The largest absolute Gasteiger partial charge is 0.462 e. The third-order valence-corrected chi connectivity index (χ3v) is 8.51. The average molecular weight is 575 g/mol. The van der Waals surface area contributed by atoms with Crippen LogP contribution in [0.25, 0.3) is 0 Å². The fourth-order valence-corrected chi connectivity index (χ4v) is 5.83. The SMILES string of the molecule is CCCCCCCCOC(=O)C1=CC(=O)C(C(=O)OCCCCCCCC)=C(S(=O)(=O)c2ccc(C)cc2)C1=O. The van der Waals surface area contributed by atoms with Gasteiger partial charge in [-0.1, -0.05) is 95.8 Å². The topological polar surface area (TPSA) is 121 Å². The molecule has 1 aliphatic rings. The number of carbonyl (C=O) groups excluding carboxylic acids is 4. The number of Topliss-reactive ketones (excluding diaryl/α,β-unsaturated/α-hetero) is 1. The molecule has 0 saturated carbocycles. The Kier molecular flexibility index (Phi) is 14.0. The zero-order chi connectivity index (χ0) is 29.5. The number of carbonyl (C=O) groups is 4. The van der Waals surface area contributed by atoms with Gasteiger partial charge in [0.15, 0.2) is 5.78 Å². The summed E-state index contributed by atoms with van der Waals surface area (Å²) in [6, 6.07) is 5.63. The molecule has 9 heteroatoms. The van der Waals surface area contributed by atoms with Crippen molar-refractivity contribution in [2.75, 3.05) is 13.2 Å². The highest BCUT2D eigenvalue weighted by atomic mass is 32.2. The van der Waals surface area contributed by atoms with Gasteiger partial charge >= 0.3 is 11.9 Å². The molecule has 0 N–H and O–H groups in total. The highest BCUT2D eigenvalue weighted by Gasteiger charge is 2.43. The van der Waals surface area contributed by atoms with Gasteiger partial charge in [0.1, 0.15) is 16.1 Å². The molecular weight excluding hydrogens is 532 g/mol. The van der Waals surface area contributed by atoms with E-state index in [4.69, 9.17) is 9.47 Å². The van der Waals surface area contributed by atoms with Crippen molar-refractivity contribution in [1.29, 1.82) is 0 Å². The number of ether oxygens (including phenoxy) is 2. The summed E-state index contributed by atoms with van der Waals surface area (Å²) in [6.07, 6.45) is 12.0. The van der Waals surface area contributed by atoms with Crippen LogP contribution in [0.1, 0.15) is 96.5 Å². The second-order valence-corrected chi connectivity index (χ2v) is 12.0. The molecule has 0 spiro atoms. The molecule has 0 unspecified atom stereocenters. The van der Waals surface area contributed by atoms with E-state index in [0.717, 1.165) is 69.8 Å². The van der Waals surface area contributed by atoms with Crippen LogP contribution >= 0.6 is 0 Å². The van der Waals surface area contributed by atoms with E-state index in [0.29, 0.717) is 18.9 Å². The molecule has 0 amide bonds. The Bertz CT molecular complexity index is 1210. The van der Waals surface area contributed by atoms with Crippen LogP contribution in [0.2, 0.25) is 0 Å². The van der Waals surface area contributed by atoms with E-state index >= 15 is 0 Å². The molecule has 0 saturated heterocycles. The molecule has 0 heterocycles. The Morgan fingerprint density at radius 2 is 1.18 bits per heavy atom. The summed E-state index contributed by atoms with van der Waals surface area (Å²) < 4.78 is 37.6. The van der Waals surface area contributed by atoms with E-state index in [1.807, 2.05) is 0 Å². The minimum atomic E-state index is -4.65. The summed E-state index contributed by atoms with van der Waals surface area (Å²) >= 11 is 0. The van der Waals surface area contributed by atoms with Gasteiger partial charge in [-0.05, 0) is 31.9 Å². The summed E-state index contributed by atoms with van der Waals surface area (Å²) in [5.74, 6) is -4.62. The van der Waals surface area contributed by atoms with E-state index < -0.39 is 49.4 Å². The Labute approximate surface area is 238 Å². The Morgan fingerprint density at radius 1 is 0.700 bits per heavy atom. The van der Waals surface area contributed by atoms with Gasteiger partial charge < -0.3 is 9.47 Å². The molecule has 1 aromatic carbocycles. The van der Waals surface area contributed by atoms with Crippen LogP contribution in [0, 0.1) is 6.92 Å². The molecule has 220 valence electrons. The summed E-state index contributed by atoms with van der Waals surface area (Å²) in [4.78, 5) is 50.9. The van der Waals surface area contributed by atoms with Crippen molar-refractivity contribution in [3.05, 3.63) is 52.0 Å². The number of benzene rings is 1. The van der Waals surface area contributed by atoms with Crippen molar-refractivity contribution < 1.29 is 37.1 Å². The second-order valence-electron chi connectivity index (χ2n) is 10.1. The van der Waals surface area contributed by atoms with Crippen LogP contribution in [0.4, 0.5) is 0 Å². The van der Waals surface area contributed by atoms with Crippen LogP contribution in [0.15, 0.2) is 51.3 Å². The van der Waals surface area contributed by atoms with Gasteiger partial charge in [-0.15, -0.1) is 0 Å². The van der Waals surface area contributed by atoms with Crippen LogP contribution < -0.4 is 0 Å². The Balaban J connectivity index is 2.25. The highest BCUT2D eigenvalue weighted by molar-refractivity contribution is 7.96. The van der Waals surface area contributed by atoms with Gasteiger partial charge in [0.25, 0.3) is 0 Å². The van der Waals surface area contributed by atoms with E-state index in [9.17, 15) is 27.6 Å². The van der Waals surface area contributed by atoms with Crippen molar-refractivity contribution in [2.24, 2.45) is 0 Å². The van der Waals surface area contributed by atoms with Gasteiger partial charge in [0.05, 0.1) is 18.1 Å². The quantitative estimate of drug-likeness (QED) is 0.0918. The van der Waals surface area contributed by atoms with Gasteiger partial charge in [-0.25, -0.2) is 18.0 Å². The van der Waals surface area contributed by atoms with Crippen molar-refractivity contribution in [2.45, 2.75) is 103 Å². The predicted octanol–water partition coefficient (Wildman–Crippen LogP) is 5.91. The highest BCUT2D eigenvalue weighted by Crippen LogP contribution is 2.31. The third-order valence-electron chi connectivity index (χ3n) is 6.69. The number of unbranched alkanes of at least 4 members (excludes halogenated alkanes) is 10. The minimum Gasteiger partial charge on any atom is -0.462 e. The fraction of sp³-hybridized carbons (Fsp3) is 0.548. The summed E-state index contributed by atoms with van der Waals surface area (Å²) in [5.41, 5.74) is -0.824. The zero-order valence-electron chi connectivity index (χ0n) is 24.0. The molecule has 0 aliphatic heterocycles. The van der Waals surface area contributed by atoms with E-state index in [1.54, 1.807) is 6.92 Å². The standard InChI is InChI=1S/C31H42O8S/c1-4-6-8-10-12-14-20-38-30(34)25-22-26(32)27(31(35)39-21-15-13-11-9-7-5-2)29(28(25)33)40(36,37)24-18-16-23(3)17-19-24/h16-19,22H,4-15,20-21H2,1-3H3. The molecule has 0 radical (unpaired) electrons. The summed E-state index contributed by atoms with van der Waals surface area (Å²) in [7, 11) is -4.65. The predicted molar refractivity (Wildman–Crippen MR) is 152 cm³/mol. The maximum atomic E-state index is 13.6. The number of esters is 2. The number of hydrogen-bond acceptors (Lipinski definition) is 8. The molecule has 0 fully saturated rings. The number of rotatable bonds is 18. The van der Waals surface area contributed by atoms with E-state index in [-0.39, 0.29) is 18.1 Å². The van der Waals surface area contributed by atoms with E-state index in [2.05, 4.69) is 13.8 Å². The Hall–Kier alpha value is -3.07. The average Bonchev–Trinajstić information content (AvgIpc) is 2.92. The summed E-state index contributed by atoms with van der Waals surface area (Å²) in [5, 5.41) is 0. The lowest BCUT2D eigenvalue weighted by atomic mass is 9.96. The number of sulfone groups is 1. The monoisotopic (exact) mass is 574 g/mol. The fourth-order valence-electron chi connectivity index (χ4n) is 4.30. The zero-order valence-corrected chi connectivity index (χ0v) is 24.8. The molecule has 1 aliphatic carbocycles. The number of hydrogen-bond donors (Lipinski definition) is 0. The van der Waals surface area contributed by atoms with Gasteiger partial charge in [0.2, 0.25) is 15.6 Å². The minimum absolute atomic E-state index is 0.0232. The molecular formula is C31H42O8S. The number of allylic oxidation sites excluding steroid dienone is 2. The lowest BCUT2D eigenvalue weighted by molar-refractivity contribution is -0.143. The maximum absolute atomic E-state index is 13.6. The van der Waals surface area contributed by atoms with Crippen LogP contribution in [0.3, 0.4) is 0 Å². The lowest BCUT2D eigenvalue weighted by Gasteiger charge is -2.18. The smallest absolute Gasteiger partial charge is 0.343 e. The first-order valence-corrected chi connectivity index (χ1v) is 15.8. The third kappa shape index (κ3) is 9.54. The van der Waals surface area contributed by atoms with Crippen LogP contribution in [-0.4, -0.2) is 45.1 Å². The van der Waals surface area contributed by atoms with Gasteiger partial charge in [-0.3, -0.25) is 9.59 Å². The molecule has 0 atom stereocenters. The first-order valence-electron chi connectivity index (χ1n) is 14.4. The Morgan fingerprint density at radius 3 is 1.70 bits per heavy atom. The van der Waals surface area contributed by atoms with Crippen molar-refractivity contribution in [3.63, 3.8) is 0 Å². The van der Waals surface area contributed by atoms with E-state index in [1.165, 1.54) is 24.3 Å². The lowest BCUT2D eigenvalue weighted by Crippen LogP contribution is -2.32. The van der Waals surface area contributed by atoms with Gasteiger partial charge in [0, 0.05) is 6.08 Å². The second kappa shape index (κ2) is 16.9. The van der Waals surface area contributed by atoms with Crippen molar-refractivity contribution in [1.82, 2.24) is 0 Å². The molecule has 2 rings (SSSR count). The molecule has 8 nitrogen and oxygen atoms in total. The molecule has 0 aromatic heterocycles. The van der Waals surface area contributed by atoms with Crippen LogP contribution in [-0.2, 0) is 38.5 Å². The maximum Gasteiger partial charge on any atom is 0.343 e.